The van der Waals surface area contributed by atoms with E-state index < -0.39 is 0 Å². The zero-order valence-electron chi connectivity index (χ0n) is 16.4. The van der Waals surface area contributed by atoms with E-state index in [9.17, 15) is 9.59 Å². The Balaban J connectivity index is 1.48. The van der Waals surface area contributed by atoms with Crippen LogP contribution in [0.4, 0.5) is 0 Å². The first-order valence-corrected chi connectivity index (χ1v) is 9.68. The zero-order valence-corrected chi connectivity index (χ0v) is 16.4. The van der Waals surface area contributed by atoms with Crippen molar-refractivity contribution in [3.8, 4) is 5.75 Å². The van der Waals surface area contributed by atoms with E-state index in [0.29, 0.717) is 23.3 Å². The van der Waals surface area contributed by atoms with Crippen LogP contribution in [0.3, 0.4) is 0 Å². The third-order valence-corrected chi connectivity index (χ3v) is 4.31. The number of aryl methyl sites for hydroxylation is 1. The summed E-state index contributed by atoms with van der Waals surface area (Å²) in [5.74, 6) is 0.530. The van der Waals surface area contributed by atoms with Gasteiger partial charge in [0.2, 0.25) is 5.91 Å². The summed E-state index contributed by atoms with van der Waals surface area (Å²) in [5, 5.41) is 3.96. The van der Waals surface area contributed by atoms with Gasteiger partial charge >= 0.3 is 0 Å². The lowest BCUT2D eigenvalue weighted by molar-refractivity contribution is -0.121. The molecule has 0 saturated carbocycles. The van der Waals surface area contributed by atoms with E-state index in [-0.39, 0.29) is 24.3 Å². The van der Waals surface area contributed by atoms with Gasteiger partial charge in [0, 0.05) is 12.8 Å². The number of hydrazone groups is 1. The van der Waals surface area contributed by atoms with Gasteiger partial charge in [0.1, 0.15) is 11.4 Å². The number of nitrogens with one attached hydrogen (secondary N) is 2. The fourth-order valence-electron chi connectivity index (χ4n) is 2.69. The smallest absolute Gasteiger partial charge is 0.270 e. The van der Waals surface area contributed by atoms with Crippen LogP contribution in [0.1, 0.15) is 37.4 Å². The number of amides is 1. The Labute approximate surface area is 168 Å². The lowest BCUT2D eigenvalue weighted by Gasteiger charge is -2.05. The number of benzene rings is 2. The van der Waals surface area contributed by atoms with Crippen LogP contribution in [0.25, 0.3) is 11.0 Å². The van der Waals surface area contributed by atoms with Crippen molar-refractivity contribution in [3.05, 3.63) is 70.1 Å². The number of unbranched alkanes of at least 4 members (excludes halogenated alkanes) is 1. The quantitative estimate of drug-likeness (QED) is 0.332. The Morgan fingerprint density at radius 2 is 2.00 bits per heavy atom. The number of hydrogen-bond donors (Lipinski definition) is 2. The first kappa shape index (κ1) is 20.3. The number of aromatic amines is 1. The van der Waals surface area contributed by atoms with Crippen LogP contribution in [-0.2, 0) is 11.2 Å². The van der Waals surface area contributed by atoms with E-state index in [2.05, 4.69) is 27.4 Å². The minimum absolute atomic E-state index is 0.121. The van der Waals surface area contributed by atoms with Gasteiger partial charge in [-0.1, -0.05) is 25.5 Å². The van der Waals surface area contributed by atoms with E-state index in [4.69, 9.17) is 4.74 Å². The van der Waals surface area contributed by atoms with Crippen molar-refractivity contribution in [1.82, 2.24) is 15.4 Å². The highest BCUT2D eigenvalue weighted by atomic mass is 16.5. The molecular formula is C22H24N4O3. The van der Waals surface area contributed by atoms with Crippen LogP contribution in [0, 0.1) is 0 Å². The zero-order chi connectivity index (χ0) is 20.5. The molecule has 0 fully saturated rings. The first-order chi connectivity index (χ1) is 14.2. The summed E-state index contributed by atoms with van der Waals surface area (Å²) >= 11 is 0. The molecule has 0 bridgehead atoms. The van der Waals surface area contributed by atoms with E-state index in [1.54, 1.807) is 12.3 Å². The Bertz CT molecular complexity index is 1040. The second-order valence-electron chi connectivity index (χ2n) is 6.59. The maximum Gasteiger partial charge on any atom is 0.270 e. The summed E-state index contributed by atoms with van der Waals surface area (Å²) in [5.41, 5.74) is 4.75. The van der Waals surface area contributed by atoms with E-state index in [1.807, 2.05) is 42.5 Å². The molecule has 7 nitrogen and oxygen atoms in total. The van der Waals surface area contributed by atoms with Crippen molar-refractivity contribution >= 4 is 23.2 Å². The van der Waals surface area contributed by atoms with Crippen LogP contribution in [0.5, 0.6) is 5.75 Å². The van der Waals surface area contributed by atoms with Crippen molar-refractivity contribution in [3.63, 3.8) is 0 Å². The molecule has 150 valence electrons. The number of para-hydroxylation sites is 2. The molecule has 29 heavy (non-hydrogen) atoms. The number of aromatic nitrogens is 2. The second kappa shape index (κ2) is 10.2. The number of H-pyrrole nitrogens is 1. The third kappa shape index (κ3) is 6.00. The summed E-state index contributed by atoms with van der Waals surface area (Å²) in [7, 11) is 0. The van der Waals surface area contributed by atoms with Crippen molar-refractivity contribution in [1.29, 1.82) is 0 Å². The maximum atomic E-state index is 12.1. The van der Waals surface area contributed by atoms with Crippen LogP contribution < -0.4 is 15.7 Å². The lowest BCUT2D eigenvalue weighted by Crippen LogP contribution is -2.21. The highest BCUT2D eigenvalue weighted by Crippen LogP contribution is 2.11. The number of rotatable bonds is 9. The molecule has 1 heterocycles. The molecule has 0 unspecified atom stereocenters. The van der Waals surface area contributed by atoms with Gasteiger partial charge in [0.05, 0.1) is 23.9 Å². The fraction of sp³-hybridized carbons (Fsp3) is 0.273. The Morgan fingerprint density at radius 3 is 2.79 bits per heavy atom. The highest BCUT2D eigenvalue weighted by molar-refractivity contribution is 5.82. The van der Waals surface area contributed by atoms with Gasteiger partial charge in [0.25, 0.3) is 5.56 Å². The van der Waals surface area contributed by atoms with E-state index >= 15 is 0 Å². The number of fused-ring (bicyclic) bond motifs is 1. The largest absolute Gasteiger partial charge is 0.494 e. The normalized spacial score (nSPS) is 11.1. The van der Waals surface area contributed by atoms with Gasteiger partial charge in [-0.25, -0.2) is 10.4 Å². The first-order valence-electron chi connectivity index (χ1n) is 9.68. The van der Waals surface area contributed by atoms with Gasteiger partial charge in [-0.3, -0.25) is 9.59 Å². The molecule has 0 aliphatic carbocycles. The van der Waals surface area contributed by atoms with Crippen LogP contribution in [0.2, 0.25) is 0 Å². The molecule has 1 aromatic heterocycles. The van der Waals surface area contributed by atoms with Gasteiger partial charge < -0.3 is 9.72 Å². The van der Waals surface area contributed by atoms with Crippen molar-refractivity contribution in [2.45, 2.75) is 32.6 Å². The predicted molar refractivity (Wildman–Crippen MR) is 113 cm³/mol. The summed E-state index contributed by atoms with van der Waals surface area (Å²) in [6, 6.07) is 14.8. The van der Waals surface area contributed by atoms with Gasteiger partial charge in [0.15, 0.2) is 0 Å². The van der Waals surface area contributed by atoms with E-state index in [0.717, 1.165) is 24.2 Å². The molecule has 3 aromatic rings. The molecule has 0 atom stereocenters. The standard InChI is InChI=1S/C22H24N4O3/c1-2-3-14-29-17-10-8-16(9-11-17)15-23-26-21(27)13-12-20-22(28)25-19-7-5-4-6-18(19)24-20/h4-11,15H,2-3,12-14H2,1H3,(H,25,28)(H,26,27)/b23-15-. The van der Waals surface area contributed by atoms with Crippen LogP contribution in [-0.4, -0.2) is 28.7 Å². The Hall–Kier alpha value is -3.48. The molecule has 0 radical (unpaired) electrons. The van der Waals surface area contributed by atoms with Crippen molar-refractivity contribution < 1.29 is 9.53 Å². The van der Waals surface area contributed by atoms with E-state index in [1.165, 1.54) is 0 Å². The summed E-state index contributed by atoms with van der Waals surface area (Å²) < 4.78 is 5.61. The minimum atomic E-state index is -0.282. The molecule has 0 aliphatic rings. The van der Waals surface area contributed by atoms with Crippen LogP contribution >= 0.6 is 0 Å². The van der Waals surface area contributed by atoms with Crippen molar-refractivity contribution in [2.24, 2.45) is 5.10 Å². The average molecular weight is 392 g/mol. The molecule has 2 aromatic carbocycles. The van der Waals surface area contributed by atoms with Crippen LogP contribution in [0.15, 0.2) is 58.4 Å². The molecular weight excluding hydrogens is 368 g/mol. The molecule has 2 N–H and O–H groups in total. The predicted octanol–water partition coefficient (Wildman–Crippen LogP) is 3.18. The molecule has 7 heteroatoms. The average Bonchev–Trinajstić information content (AvgIpc) is 2.73. The van der Waals surface area contributed by atoms with Gasteiger partial charge in [-0.15, -0.1) is 0 Å². The molecule has 0 saturated heterocycles. The maximum absolute atomic E-state index is 12.1. The van der Waals surface area contributed by atoms with Gasteiger partial charge in [-0.2, -0.15) is 5.10 Å². The second-order valence-corrected chi connectivity index (χ2v) is 6.59. The third-order valence-electron chi connectivity index (χ3n) is 4.31. The monoisotopic (exact) mass is 392 g/mol. The highest BCUT2D eigenvalue weighted by Gasteiger charge is 2.07. The number of nitrogens with zero attached hydrogens (tertiary/aromatic N) is 2. The van der Waals surface area contributed by atoms with Gasteiger partial charge in [-0.05, 0) is 48.4 Å². The van der Waals surface area contributed by atoms with Crippen molar-refractivity contribution in [2.75, 3.05) is 6.61 Å². The number of ether oxygens (including phenoxy) is 1. The summed E-state index contributed by atoms with van der Waals surface area (Å²) in [4.78, 5) is 31.2. The Kier molecular flexibility index (Phi) is 7.10. The molecule has 1 amide bonds. The lowest BCUT2D eigenvalue weighted by atomic mass is 10.2. The minimum Gasteiger partial charge on any atom is -0.494 e. The number of hydrogen-bond acceptors (Lipinski definition) is 5. The summed E-state index contributed by atoms with van der Waals surface area (Å²) in [6.45, 7) is 2.82. The Morgan fingerprint density at radius 1 is 1.21 bits per heavy atom. The summed E-state index contributed by atoms with van der Waals surface area (Å²) in [6.07, 6.45) is 4.04. The number of carbonyl (C=O) groups is 1. The molecule has 0 aliphatic heterocycles. The molecule has 0 spiro atoms. The topological polar surface area (TPSA) is 96.4 Å². The fourth-order valence-corrected chi connectivity index (χ4v) is 2.69. The SMILES string of the molecule is CCCCOc1ccc(/C=N\NC(=O)CCc2nc3ccccc3[nH]c2=O)cc1. The molecule has 3 rings (SSSR count). The number of carbonyl (C=O) groups excluding carboxylic acids is 1.